The van der Waals surface area contributed by atoms with Gasteiger partial charge in [-0.2, -0.15) is 13.2 Å². The third-order valence-electron chi connectivity index (χ3n) is 2.31. The number of halogens is 5. The van der Waals surface area contributed by atoms with Crippen LogP contribution in [-0.4, -0.2) is 39.0 Å². The number of primary sulfonamides is 1. The van der Waals surface area contributed by atoms with Crippen LogP contribution in [0, 0.1) is 0 Å². The maximum absolute atomic E-state index is 12.3. The van der Waals surface area contributed by atoms with Crippen molar-refractivity contribution in [2.45, 2.75) is 11.1 Å². The topological polar surface area (TPSA) is 80.5 Å². The number of amides is 1. The molecule has 0 radical (unpaired) electrons. The second-order valence-electron chi connectivity index (χ2n) is 4.09. The highest BCUT2D eigenvalue weighted by Crippen LogP contribution is 2.31. The predicted octanol–water partition coefficient (Wildman–Crippen LogP) is 2.38. The van der Waals surface area contributed by atoms with E-state index in [0.717, 1.165) is 19.2 Å². The summed E-state index contributed by atoms with van der Waals surface area (Å²) in [6.07, 6.45) is -4.58. The van der Waals surface area contributed by atoms with Crippen molar-refractivity contribution in [1.29, 1.82) is 0 Å². The Bertz CT molecular complexity index is 679. The van der Waals surface area contributed by atoms with Crippen molar-refractivity contribution in [3.8, 4) is 0 Å². The molecule has 2 N–H and O–H groups in total. The van der Waals surface area contributed by atoms with Gasteiger partial charge in [0.05, 0.1) is 14.4 Å². The largest absolute Gasteiger partial charge is 0.406 e. The molecule has 0 aliphatic carbocycles. The third-order valence-corrected chi connectivity index (χ3v) is 4.89. The molecule has 5 nitrogen and oxygen atoms in total. The number of nitrogens with zero attached hydrogens (tertiary/aromatic N) is 1. The molecule has 118 valence electrons. The van der Waals surface area contributed by atoms with E-state index >= 15 is 0 Å². The molecule has 1 aromatic rings. The van der Waals surface area contributed by atoms with Crippen LogP contribution in [0.4, 0.5) is 13.2 Å². The van der Waals surface area contributed by atoms with Gasteiger partial charge in [0.1, 0.15) is 6.54 Å². The highest BCUT2D eigenvalue weighted by atomic mass is 79.9. The zero-order chi connectivity index (χ0) is 16.6. The number of carbonyl (C=O) groups is 1. The van der Waals surface area contributed by atoms with Crippen molar-refractivity contribution in [2.24, 2.45) is 5.14 Å². The summed E-state index contributed by atoms with van der Waals surface area (Å²) in [5, 5.41) is 4.79. The fourth-order valence-corrected chi connectivity index (χ4v) is 3.29. The molecule has 0 saturated heterocycles. The molecular weight excluding hydrogens is 401 g/mol. The van der Waals surface area contributed by atoms with E-state index in [1.165, 1.54) is 0 Å². The number of hydrogen-bond acceptors (Lipinski definition) is 3. The molecular formula is C10H9BrClF3N2O3S. The van der Waals surface area contributed by atoms with Gasteiger partial charge in [-0.15, -0.1) is 0 Å². The molecule has 0 aliphatic heterocycles. The third kappa shape index (κ3) is 4.83. The fourth-order valence-electron chi connectivity index (χ4n) is 1.46. The van der Waals surface area contributed by atoms with E-state index in [4.69, 9.17) is 16.7 Å². The van der Waals surface area contributed by atoms with Gasteiger partial charge in [-0.3, -0.25) is 4.79 Å². The fraction of sp³-hybridized carbons (Fsp3) is 0.300. The van der Waals surface area contributed by atoms with E-state index in [1.807, 2.05) is 0 Å². The monoisotopic (exact) mass is 408 g/mol. The van der Waals surface area contributed by atoms with Crippen LogP contribution >= 0.6 is 27.5 Å². The van der Waals surface area contributed by atoms with Gasteiger partial charge >= 0.3 is 6.18 Å². The van der Waals surface area contributed by atoms with Crippen LogP contribution in [0.3, 0.4) is 0 Å². The average Bonchev–Trinajstić information content (AvgIpc) is 2.27. The van der Waals surface area contributed by atoms with Crippen molar-refractivity contribution in [1.82, 2.24) is 4.90 Å². The summed E-state index contributed by atoms with van der Waals surface area (Å²) in [7, 11) is -3.26. The molecule has 0 saturated carbocycles. The summed E-state index contributed by atoms with van der Waals surface area (Å²) < 4.78 is 59.4. The lowest BCUT2D eigenvalue weighted by atomic mass is 10.2. The van der Waals surface area contributed by atoms with Crippen LogP contribution in [0.25, 0.3) is 0 Å². The Morgan fingerprint density at radius 2 is 1.95 bits per heavy atom. The molecule has 0 bridgehead atoms. The van der Waals surface area contributed by atoms with Crippen LogP contribution in [0.2, 0.25) is 5.02 Å². The second kappa shape index (κ2) is 6.11. The molecule has 0 aromatic heterocycles. The van der Waals surface area contributed by atoms with E-state index in [1.54, 1.807) is 0 Å². The van der Waals surface area contributed by atoms with Gasteiger partial charge in [-0.1, -0.05) is 11.6 Å². The Kier molecular flexibility index (Phi) is 5.30. The lowest BCUT2D eigenvalue weighted by Crippen LogP contribution is -2.36. The van der Waals surface area contributed by atoms with Crippen molar-refractivity contribution in [3.63, 3.8) is 0 Å². The molecule has 1 rings (SSSR count). The maximum Gasteiger partial charge on any atom is 0.406 e. The lowest BCUT2D eigenvalue weighted by Gasteiger charge is -2.19. The van der Waals surface area contributed by atoms with Gasteiger partial charge in [0.15, 0.2) is 0 Å². The Morgan fingerprint density at radius 1 is 1.43 bits per heavy atom. The van der Waals surface area contributed by atoms with Crippen LogP contribution in [0.15, 0.2) is 21.5 Å². The minimum atomic E-state index is -4.58. The van der Waals surface area contributed by atoms with Crippen LogP contribution in [0.5, 0.6) is 0 Å². The molecule has 1 amide bonds. The van der Waals surface area contributed by atoms with E-state index < -0.39 is 33.5 Å². The molecule has 21 heavy (non-hydrogen) atoms. The average molecular weight is 410 g/mol. The zero-order valence-electron chi connectivity index (χ0n) is 10.4. The summed E-state index contributed by atoms with van der Waals surface area (Å²) in [5.41, 5.74) is -0.320. The first-order chi connectivity index (χ1) is 9.33. The van der Waals surface area contributed by atoms with Gasteiger partial charge in [0, 0.05) is 12.6 Å². The van der Waals surface area contributed by atoms with E-state index in [-0.39, 0.29) is 15.1 Å². The van der Waals surface area contributed by atoms with Gasteiger partial charge in [-0.05, 0) is 28.1 Å². The molecule has 0 fully saturated rings. The molecule has 0 atom stereocenters. The van der Waals surface area contributed by atoms with Crippen LogP contribution in [-0.2, 0) is 10.0 Å². The van der Waals surface area contributed by atoms with Gasteiger partial charge in [0.2, 0.25) is 10.0 Å². The SMILES string of the molecule is CN(CC(F)(F)F)C(=O)c1cc(Cl)c(Br)c(S(N)(=O)=O)c1. The normalized spacial score (nSPS) is 12.3. The molecule has 11 heteroatoms. The summed E-state index contributed by atoms with van der Waals surface area (Å²) in [4.78, 5) is 11.8. The van der Waals surface area contributed by atoms with Gasteiger partial charge < -0.3 is 4.90 Å². The number of benzene rings is 1. The number of sulfonamides is 1. The standard InChI is InChI=1S/C10H9BrClF3N2O3S/c1-17(4-10(13,14)15)9(18)5-2-6(12)8(11)7(3-5)21(16,19)20/h2-3H,4H2,1H3,(H2,16,19,20). The number of rotatable bonds is 3. The molecule has 1 aromatic carbocycles. The smallest absolute Gasteiger partial charge is 0.333 e. The Morgan fingerprint density at radius 3 is 2.38 bits per heavy atom. The van der Waals surface area contributed by atoms with Gasteiger partial charge in [0.25, 0.3) is 5.91 Å². The summed E-state index contributed by atoms with van der Waals surface area (Å²) in [5.74, 6) is -1.04. The minimum absolute atomic E-state index is 0.0679. The van der Waals surface area contributed by atoms with Crippen molar-refractivity contribution >= 4 is 43.5 Å². The Hall–Kier alpha value is -0.840. The number of hydrogen-bond donors (Lipinski definition) is 1. The van der Waals surface area contributed by atoms with E-state index in [2.05, 4.69) is 15.9 Å². The Balaban J connectivity index is 3.27. The molecule has 0 aliphatic rings. The molecule has 0 heterocycles. The highest BCUT2D eigenvalue weighted by molar-refractivity contribution is 9.10. The van der Waals surface area contributed by atoms with Crippen LogP contribution in [0.1, 0.15) is 10.4 Å². The summed E-state index contributed by atoms with van der Waals surface area (Å²) in [6, 6.07) is 1.91. The summed E-state index contributed by atoms with van der Waals surface area (Å²) in [6.45, 7) is -1.48. The maximum atomic E-state index is 12.3. The minimum Gasteiger partial charge on any atom is -0.333 e. The van der Waals surface area contributed by atoms with Crippen molar-refractivity contribution in [3.05, 3.63) is 27.2 Å². The van der Waals surface area contributed by atoms with Crippen molar-refractivity contribution < 1.29 is 26.4 Å². The van der Waals surface area contributed by atoms with Crippen LogP contribution < -0.4 is 5.14 Å². The molecule has 0 unspecified atom stereocenters. The molecule has 0 spiro atoms. The van der Waals surface area contributed by atoms with E-state index in [0.29, 0.717) is 4.90 Å². The first-order valence-corrected chi connectivity index (χ1v) is 7.88. The lowest BCUT2D eigenvalue weighted by molar-refractivity contribution is -0.138. The Labute approximate surface area is 132 Å². The first-order valence-electron chi connectivity index (χ1n) is 5.17. The highest BCUT2D eigenvalue weighted by Gasteiger charge is 2.32. The van der Waals surface area contributed by atoms with Crippen molar-refractivity contribution in [2.75, 3.05) is 13.6 Å². The number of carbonyl (C=O) groups excluding carboxylic acids is 1. The van der Waals surface area contributed by atoms with Gasteiger partial charge in [-0.25, -0.2) is 13.6 Å². The zero-order valence-corrected chi connectivity index (χ0v) is 13.6. The van der Waals surface area contributed by atoms with E-state index in [9.17, 15) is 26.4 Å². The predicted molar refractivity (Wildman–Crippen MR) is 73.5 cm³/mol. The number of nitrogens with two attached hydrogens (primary N) is 1. The quantitative estimate of drug-likeness (QED) is 0.832. The second-order valence-corrected chi connectivity index (χ2v) is 6.82. The summed E-state index contributed by atoms with van der Waals surface area (Å²) >= 11 is 8.64. The number of alkyl halides is 3. The first kappa shape index (κ1) is 18.2.